The van der Waals surface area contributed by atoms with Crippen molar-refractivity contribution in [3.63, 3.8) is 0 Å². The van der Waals surface area contributed by atoms with Crippen LogP contribution < -0.4 is 0 Å². The molecule has 1 aromatic heterocycles. The number of aromatic nitrogens is 2. The lowest BCUT2D eigenvalue weighted by molar-refractivity contribution is 0.252. The largest absolute Gasteiger partial charge is 0.298 e. The molecule has 0 spiro atoms. The summed E-state index contributed by atoms with van der Waals surface area (Å²) in [5.41, 5.74) is 1.99. The molecule has 0 aliphatic heterocycles. The molecule has 0 amide bonds. The number of rotatable bonds is 4. The quantitative estimate of drug-likeness (QED) is 0.810. The van der Waals surface area contributed by atoms with Crippen LogP contribution in [0.15, 0.2) is 0 Å². The van der Waals surface area contributed by atoms with Crippen LogP contribution in [0.3, 0.4) is 0 Å². The molecule has 0 fully saturated rings. The average molecular weight is 241 g/mol. The van der Waals surface area contributed by atoms with Gasteiger partial charge in [0.25, 0.3) is 0 Å². The van der Waals surface area contributed by atoms with Crippen LogP contribution in [0.5, 0.6) is 0 Å². The Hall–Kier alpha value is -1.05. The van der Waals surface area contributed by atoms with Gasteiger partial charge in [-0.05, 0) is 20.9 Å². The zero-order chi connectivity index (χ0) is 12.3. The van der Waals surface area contributed by atoms with Gasteiger partial charge in [-0.15, -0.1) is 0 Å². The van der Waals surface area contributed by atoms with Gasteiger partial charge in [0.15, 0.2) is 0 Å². The number of nitriles is 1. The van der Waals surface area contributed by atoms with Crippen molar-refractivity contribution in [2.24, 2.45) is 7.05 Å². The lowest BCUT2D eigenvalue weighted by atomic mass is 10.2. The normalized spacial score (nSPS) is 12.8. The van der Waals surface area contributed by atoms with Crippen molar-refractivity contribution in [1.82, 2.24) is 14.7 Å². The van der Waals surface area contributed by atoms with Crippen LogP contribution in [0.2, 0.25) is 5.15 Å². The highest BCUT2D eigenvalue weighted by Crippen LogP contribution is 2.21. The van der Waals surface area contributed by atoms with Crippen LogP contribution in [0, 0.1) is 18.3 Å². The fourth-order valence-corrected chi connectivity index (χ4v) is 1.78. The van der Waals surface area contributed by atoms with E-state index in [1.54, 1.807) is 4.68 Å². The third-order valence-corrected chi connectivity index (χ3v) is 3.29. The van der Waals surface area contributed by atoms with E-state index in [1.165, 1.54) is 0 Å². The van der Waals surface area contributed by atoms with Gasteiger partial charge in [0.2, 0.25) is 0 Å². The van der Waals surface area contributed by atoms with Gasteiger partial charge >= 0.3 is 0 Å². The minimum atomic E-state index is 0.223. The van der Waals surface area contributed by atoms with Gasteiger partial charge in [-0.2, -0.15) is 10.4 Å². The molecule has 0 aliphatic rings. The third kappa shape index (κ3) is 2.75. The second-order valence-corrected chi connectivity index (χ2v) is 4.46. The van der Waals surface area contributed by atoms with E-state index in [1.807, 2.05) is 27.9 Å². The maximum Gasteiger partial charge on any atom is 0.131 e. The molecule has 16 heavy (non-hydrogen) atoms. The van der Waals surface area contributed by atoms with Gasteiger partial charge in [-0.1, -0.05) is 11.6 Å². The number of aryl methyl sites for hydroxylation is 2. The number of halogens is 1. The molecule has 0 N–H and O–H groups in total. The standard InChI is InChI=1S/C11H17ClN4/c1-8(5-6-13)15(3)7-10-9(2)14-16(4)11(10)12/h8H,5,7H2,1-4H3. The van der Waals surface area contributed by atoms with Crippen molar-refractivity contribution in [3.8, 4) is 6.07 Å². The van der Waals surface area contributed by atoms with Crippen LogP contribution >= 0.6 is 11.6 Å². The van der Waals surface area contributed by atoms with Gasteiger partial charge in [0.05, 0.1) is 18.2 Å². The van der Waals surface area contributed by atoms with Gasteiger partial charge < -0.3 is 0 Å². The van der Waals surface area contributed by atoms with Crippen molar-refractivity contribution in [1.29, 1.82) is 5.26 Å². The first kappa shape index (κ1) is 13.0. The molecule has 1 rings (SSSR count). The van der Waals surface area contributed by atoms with E-state index in [-0.39, 0.29) is 6.04 Å². The van der Waals surface area contributed by atoms with Crippen molar-refractivity contribution in [2.75, 3.05) is 7.05 Å². The van der Waals surface area contributed by atoms with Gasteiger partial charge in [-0.25, -0.2) is 0 Å². The molecule has 1 heterocycles. The van der Waals surface area contributed by atoms with Crippen molar-refractivity contribution >= 4 is 11.6 Å². The van der Waals surface area contributed by atoms with E-state index >= 15 is 0 Å². The van der Waals surface area contributed by atoms with E-state index in [2.05, 4.69) is 16.1 Å². The maximum absolute atomic E-state index is 8.65. The summed E-state index contributed by atoms with van der Waals surface area (Å²) in [4.78, 5) is 2.11. The smallest absolute Gasteiger partial charge is 0.131 e. The summed E-state index contributed by atoms with van der Waals surface area (Å²) < 4.78 is 1.68. The Kier molecular flexibility index (Phi) is 4.34. The number of nitrogens with zero attached hydrogens (tertiary/aromatic N) is 4. The zero-order valence-corrected chi connectivity index (χ0v) is 10.9. The fraction of sp³-hybridized carbons (Fsp3) is 0.636. The molecule has 1 atom stereocenters. The minimum Gasteiger partial charge on any atom is -0.298 e. The summed E-state index contributed by atoms with van der Waals surface area (Å²) >= 11 is 6.15. The molecule has 0 saturated heterocycles. The SMILES string of the molecule is Cc1nn(C)c(Cl)c1CN(C)C(C)CC#N. The second kappa shape index (κ2) is 5.33. The van der Waals surface area contributed by atoms with E-state index < -0.39 is 0 Å². The van der Waals surface area contributed by atoms with E-state index in [0.717, 1.165) is 17.8 Å². The Labute approximate surface area is 101 Å². The van der Waals surface area contributed by atoms with Gasteiger partial charge in [0, 0.05) is 25.2 Å². The summed E-state index contributed by atoms with van der Waals surface area (Å²) in [5.74, 6) is 0. The lowest BCUT2D eigenvalue weighted by Crippen LogP contribution is -2.28. The summed E-state index contributed by atoms with van der Waals surface area (Å²) in [6.45, 7) is 4.70. The summed E-state index contributed by atoms with van der Waals surface area (Å²) in [7, 11) is 3.82. The molecule has 5 heteroatoms. The Morgan fingerprint density at radius 2 is 2.25 bits per heavy atom. The highest BCUT2D eigenvalue weighted by atomic mass is 35.5. The molecule has 0 radical (unpaired) electrons. The van der Waals surface area contributed by atoms with Crippen LogP contribution in [0.4, 0.5) is 0 Å². The highest BCUT2D eigenvalue weighted by molar-refractivity contribution is 6.30. The topological polar surface area (TPSA) is 44.9 Å². The summed E-state index contributed by atoms with van der Waals surface area (Å²) in [6.07, 6.45) is 0.521. The molecule has 4 nitrogen and oxygen atoms in total. The van der Waals surface area contributed by atoms with Crippen molar-refractivity contribution < 1.29 is 0 Å². The molecule has 0 aromatic carbocycles. The van der Waals surface area contributed by atoms with E-state index in [9.17, 15) is 0 Å². The minimum absolute atomic E-state index is 0.223. The molecule has 0 saturated carbocycles. The van der Waals surface area contributed by atoms with Crippen LogP contribution in [0.25, 0.3) is 0 Å². The highest BCUT2D eigenvalue weighted by Gasteiger charge is 2.16. The maximum atomic E-state index is 8.65. The first-order valence-corrected chi connectivity index (χ1v) is 5.60. The van der Waals surface area contributed by atoms with Gasteiger partial charge in [0.1, 0.15) is 5.15 Å². The first-order valence-electron chi connectivity index (χ1n) is 5.22. The second-order valence-electron chi connectivity index (χ2n) is 4.10. The Morgan fingerprint density at radius 1 is 1.62 bits per heavy atom. The predicted octanol–water partition coefficient (Wildman–Crippen LogP) is 2.12. The fourth-order valence-electron chi connectivity index (χ4n) is 1.55. The van der Waals surface area contributed by atoms with E-state index in [4.69, 9.17) is 16.9 Å². The molecular weight excluding hydrogens is 224 g/mol. The summed E-state index contributed by atoms with van der Waals surface area (Å²) in [6, 6.07) is 2.40. The first-order chi connectivity index (χ1) is 7.47. The third-order valence-electron chi connectivity index (χ3n) is 2.82. The molecule has 1 aromatic rings. The molecule has 1 unspecified atom stereocenters. The van der Waals surface area contributed by atoms with Crippen LogP contribution in [-0.2, 0) is 13.6 Å². The molecule has 88 valence electrons. The molecule has 0 bridgehead atoms. The average Bonchev–Trinajstić information content (AvgIpc) is 2.45. The molecular formula is C11H17ClN4. The predicted molar refractivity (Wildman–Crippen MR) is 64.1 cm³/mol. The van der Waals surface area contributed by atoms with Gasteiger partial charge in [-0.3, -0.25) is 9.58 Å². The monoisotopic (exact) mass is 240 g/mol. The van der Waals surface area contributed by atoms with E-state index in [0.29, 0.717) is 11.6 Å². The zero-order valence-electron chi connectivity index (χ0n) is 10.2. The van der Waals surface area contributed by atoms with Crippen molar-refractivity contribution in [3.05, 3.63) is 16.4 Å². The van der Waals surface area contributed by atoms with Crippen LogP contribution in [0.1, 0.15) is 24.6 Å². The Morgan fingerprint density at radius 3 is 2.69 bits per heavy atom. The lowest BCUT2D eigenvalue weighted by Gasteiger charge is -2.22. The molecule has 0 aliphatic carbocycles. The number of hydrogen-bond donors (Lipinski definition) is 0. The summed E-state index contributed by atoms with van der Waals surface area (Å²) in [5, 5.41) is 13.6. The Bertz CT molecular complexity index is 405. The van der Waals surface area contributed by atoms with Crippen molar-refractivity contribution in [2.45, 2.75) is 32.9 Å². The number of hydrogen-bond acceptors (Lipinski definition) is 3. The van der Waals surface area contributed by atoms with Crippen LogP contribution in [-0.4, -0.2) is 27.8 Å². The Balaban J connectivity index is 2.77.